The summed E-state index contributed by atoms with van der Waals surface area (Å²) < 4.78 is 12.8. The largest absolute Gasteiger partial charge is 0.469 e. The number of hydrogen-bond acceptors (Lipinski definition) is 9. The highest BCUT2D eigenvalue weighted by molar-refractivity contribution is 6.33. The quantitative estimate of drug-likeness (QED) is 0.500. The number of rotatable bonds is 5. The lowest BCUT2D eigenvalue weighted by Crippen LogP contribution is -2.44. The van der Waals surface area contributed by atoms with Crippen molar-refractivity contribution in [2.45, 2.75) is 51.7 Å². The Hall–Kier alpha value is -3.13. The maximum atomic E-state index is 7.32. The molecule has 2 aromatic heterocycles. The summed E-state index contributed by atoms with van der Waals surface area (Å²) in [6.45, 7) is 8.80. The average Bonchev–Trinajstić information content (AvgIpc) is 3.56. The summed E-state index contributed by atoms with van der Waals surface area (Å²) >= 11 is 6.81. The maximum Gasteiger partial charge on any atom is 0.321 e. The molecule has 6 rings (SSSR count). The van der Waals surface area contributed by atoms with Gasteiger partial charge in [-0.15, -0.1) is 0 Å². The number of nitriles is 1. The highest BCUT2D eigenvalue weighted by atomic mass is 35.5. The number of piperazine rings is 1. The van der Waals surface area contributed by atoms with Crippen LogP contribution in [0.4, 0.5) is 5.82 Å². The summed E-state index contributed by atoms with van der Waals surface area (Å²) in [5, 5.41) is 19.8. The van der Waals surface area contributed by atoms with Crippen molar-refractivity contribution in [2.24, 2.45) is 0 Å². The van der Waals surface area contributed by atoms with Gasteiger partial charge in [-0.25, -0.2) is 0 Å². The van der Waals surface area contributed by atoms with Gasteiger partial charge in [0.2, 0.25) is 5.88 Å². The van der Waals surface area contributed by atoms with E-state index in [1.54, 1.807) is 6.07 Å². The minimum Gasteiger partial charge on any atom is -0.469 e. The van der Waals surface area contributed by atoms with E-state index in [-0.39, 0.29) is 6.10 Å². The van der Waals surface area contributed by atoms with E-state index in [9.17, 15) is 0 Å². The number of aromatic amines is 1. The number of benzene rings is 1. The van der Waals surface area contributed by atoms with Gasteiger partial charge in [-0.1, -0.05) is 11.6 Å². The Balaban J connectivity index is 0.000000937. The van der Waals surface area contributed by atoms with Crippen molar-refractivity contribution in [3.05, 3.63) is 34.0 Å². The molecule has 0 bridgehead atoms. The molecule has 202 valence electrons. The molecular formula is C27H35ClN8O2. The molecule has 0 aliphatic carbocycles. The minimum absolute atomic E-state index is 0.213. The van der Waals surface area contributed by atoms with Gasteiger partial charge in [0.25, 0.3) is 0 Å². The number of fused-ring (bicyclic) bond motifs is 2. The molecule has 5 heterocycles. The summed E-state index contributed by atoms with van der Waals surface area (Å²) in [5.41, 5.74) is 3.99. The summed E-state index contributed by atoms with van der Waals surface area (Å²) in [6.07, 6.45) is 5.56. The predicted octanol–water partition coefficient (Wildman–Crippen LogP) is 3.79. The van der Waals surface area contributed by atoms with E-state index in [0.717, 1.165) is 90.4 Å². The fraction of sp³-hybridized carbons (Fsp3) is 0.556. The number of likely N-dealkylation sites (N-methyl/N-ethyl adjacent to an activating group) is 1. The first-order valence-electron chi connectivity index (χ1n) is 13.3. The summed E-state index contributed by atoms with van der Waals surface area (Å²) in [6, 6.07) is 4.56. The van der Waals surface area contributed by atoms with Gasteiger partial charge in [-0.3, -0.25) is 5.10 Å². The second kappa shape index (κ2) is 11.7. The topological polar surface area (TPSA) is 115 Å². The first-order chi connectivity index (χ1) is 18.5. The molecule has 2 fully saturated rings. The number of nitrogens with one attached hydrogen (secondary N) is 2. The van der Waals surface area contributed by atoms with Crippen molar-refractivity contribution in [3.63, 3.8) is 0 Å². The van der Waals surface area contributed by atoms with Gasteiger partial charge in [-0.2, -0.15) is 20.3 Å². The van der Waals surface area contributed by atoms with Crippen molar-refractivity contribution in [1.29, 1.82) is 5.26 Å². The zero-order valence-electron chi connectivity index (χ0n) is 22.3. The molecular weight excluding hydrogens is 504 g/mol. The molecule has 11 heteroatoms. The third-order valence-electron chi connectivity index (χ3n) is 7.55. The standard InChI is InChI=1S/C25H32ClN7O2.C2H3N/c1-15-12-19-18(13-28-31-19)21(22(15)26)20-6-5-17-23(33-10-7-27-8-11-33)29-25(30-24(17)35-20)34-14-16-4-3-9-32(16)2;1-2-3/h12-13,16,20,27H,3-11,14H2,1-2H3,(H,28,31);1H3/t16-,20?;/m0./s1. The summed E-state index contributed by atoms with van der Waals surface area (Å²) in [4.78, 5) is 14.3. The van der Waals surface area contributed by atoms with Crippen molar-refractivity contribution in [2.75, 3.05) is 51.3 Å². The molecule has 38 heavy (non-hydrogen) atoms. The summed E-state index contributed by atoms with van der Waals surface area (Å²) in [5.74, 6) is 1.54. The van der Waals surface area contributed by atoms with Crippen molar-refractivity contribution in [1.82, 2.24) is 30.4 Å². The van der Waals surface area contributed by atoms with Crippen LogP contribution in [0.15, 0.2) is 12.3 Å². The third-order valence-corrected chi connectivity index (χ3v) is 8.06. The summed E-state index contributed by atoms with van der Waals surface area (Å²) in [7, 11) is 2.15. The van der Waals surface area contributed by atoms with E-state index in [2.05, 4.69) is 32.4 Å². The van der Waals surface area contributed by atoms with Crippen LogP contribution < -0.4 is 19.7 Å². The van der Waals surface area contributed by atoms with Gasteiger partial charge in [0.1, 0.15) is 18.5 Å². The second-order valence-corrected chi connectivity index (χ2v) is 10.4. The van der Waals surface area contributed by atoms with E-state index < -0.39 is 0 Å². The molecule has 3 aliphatic heterocycles. The molecule has 0 radical (unpaired) electrons. The molecule has 3 aromatic rings. The van der Waals surface area contributed by atoms with Crippen molar-refractivity contribution >= 4 is 28.3 Å². The fourth-order valence-electron chi connectivity index (χ4n) is 5.53. The van der Waals surface area contributed by atoms with Crippen LogP contribution in [-0.2, 0) is 6.42 Å². The molecule has 0 spiro atoms. The monoisotopic (exact) mass is 538 g/mol. The molecule has 2 N–H and O–H groups in total. The van der Waals surface area contributed by atoms with Gasteiger partial charge in [0.05, 0.1) is 28.4 Å². The number of ether oxygens (including phenoxy) is 2. The zero-order valence-corrected chi connectivity index (χ0v) is 23.0. The van der Waals surface area contributed by atoms with Crippen LogP contribution >= 0.6 is 11.6 Å². The Morgan fingerprint density at radius 1 is 1.24 bits per heavy atom. The Labute approximate surface area is 228 Å². The number of H-pyrrole nitrogens is 1. The predicted molar refractivity (Wildman–Crippen MR) is 147 cm³/mol. The fourth-order valence-corrected chi connectivity index (χ4v) is 5.81. The molecule has 1 unspecified atom stereocenters. The number of hydrogen-bond donors (Lipinski definition) is 2. The molecule has 3 aliphatic rings. The SMILES string of the molecule is CC#N.Cc1cc2[nH]ncc2c(C2CCc3c(nc(OC[C@@H]4CCCN4C)nc3N3CCNCC3)O2)c1Cl. The van der Waals surface area contributed by atoms with E-state index in [1.807, 2.05) is 19.2 Å². The average molecular weight is 539 g/mol. The second-order valence-electron chi connectivity index (χ2n) is 10.1. The third kappa shape index (κ3) is 5.37. The van der Waals surface area contributed by atoms with Crippen LogP contribution in [0.5, 0.6) is 11.9 Å². The van der Waals surface area contributed by atoms with Gasteiger partial charge < -0.3 is 24.6 Å². The lowest BCUT2D eigenvalue weighted by Gasteiger charge is -2.33. The van der Waals surface area contributed by atoms with E-state index in [4.69, 9.17) is 36.3 Å². The lowest BCUT2D eigenvalue weighted by atomic mass is 9.95. The van der Waals surface area contributed by atoms with Crippen LogP contribution in [-0.4, -0.2) is 77.5 Å². The highest BCUT2D eigenvalue weighted by Gasteiger charge is 2.32. The molecule has 2 saturated heterocycles. The van der Waals surface area contributed by atoms with E-state index >= 15 is 0 Å². The first-order valence-corrected chi connectivity index (χ1v) is 13.7. The zero-order chi connectivity index (χ0) is 26.6. The Morgan fingerprint density at radius 2 is 2.03 bits per heavy atom. The van der Waals surface area contributed by atoms with Gasteiger partial charge in [0.15, 0.2) is 0 Å². The Bertz CT molecular complexity index is 1320. The van der Waals surface area contributed by atoms with Crippen molar-refractivity contribution < 1.29 is 9.47 Å². The molecule has 0 amide bonds. The van der Waals surface area contributed by atoms with Crippen molar-refractivity contribution in [3.8, 4) is 18.0 Å². The number of aromatic nitrogens is 4. The van der Waals surface area contributed by atoms with Crippen LogP contribution in [0, 0.1) is 18.3 Å². The van der Waals surface area contributed by atoms with Crippen LogP contribution in [0.25, 0.3) is 10.9 Å². The van der Waals surface area contributed by atoms with Gasteiger partial charge in [-0.05, 0) is 57.8 Å². The lowest BCUT2D eigenvalue weighted by molar-refractivity contribution is 0.158. The minimum atomic E-state index is -0.213. The number of aryl methyl sites for hydroxylation is 1. The molecule has 2 atom stereocenters. The van der Waals surface area contributed by atoms with E-state index in [0.29, 0.717) is 24.5 Å². The van der Waals surface area contributed by atoms with Gasteiger partial charge >= 0.3 is 6.01 Å². The van der Waals surface area contributed by atoms with Gasteiger partial charge in [0, 0.05) is 50.1 Å². The number of nitrogens with zero attached hydrogens (tertiary/aromatic N) is 6. The molecule has 1 aromatic carbocycles. The number of halogens is 1. The maximum absolute atomic E-state index is 7.32. The number of likely N-dealkylation sites (tertiary alicyclic amines) is 1. The van der Waals surface area contributed by atoms with E-state index in [1.165, 1.54) is 13.3 Å². The van der Waals surface area contributed by atoms with Crippen LogP contribution in [0.3, 0.4) is 0 Å². The number of anilines is 1. The normalized spacial score (nSPS) is 21.3. The van der Waals surface area contributed by atoms with Crippen LogP contribution in [0.1, 0.15) is 49.0 Å². The first kappa shape index (κ1) is 26.5. The highest BCUT2D eigenvalue weighted by Crippen LogP contribution is 2.43. The Kier molecular flexibility index (Phi) is 8.17. The smallest absolute Gasteiger partial charge is 0.321 e. The molecule has 10 nitrogen and oxygen atoms in total. The van der Waals surface area contributed by atoms with Crippen LogP contribution in [0.2, 0.25) is 5.02 Å². The Morgan fingerprint density at radius 3 is 2.76 bits per heavy atom. The molecule has 0 saturated carbocycles.